The molecule has 55 valence electrons. The van der Waals surface area contributed by atoms with Crippen molar-refractivity contribution in [2.24, 2.45) is 5.92 Å². The van der Waals surface area contributed by atoms with Crippen LogP contribution in [-0.4, -0.2) is 11.7 Å². The molecule has 9 heavy (non-hydrogen) atoms. The Kier molecular flexibility index (Phi) is 6.06. The van der Waals surface area contributed by atoms with Gasteiger partial charge in [0.25, 0.3) is 0 Å². The van der Waals surface area contributed by atoms with Crippen molar-refractivity contribution in [3.05, 3.63) is 6.42 Å². The van der Waals surface area contributed by atoms with E-state index in [4.69, 9.17) is 5.11 Å². The minimum Gasteiger partial charge on any atom is -0.396 e. The molecule has 0 heterocycles. The summed E-state index contributed by atoms with van der Waals surface area (Å²) in [5.74, 6) is 0.455. The Morgan fingerprint density at radius 3 is 2.67 bits per heavy atom. The topological polar surface area (TPSA) is 20.2 Å². The number of hydrogen-bond donors (Lipinski definition) is 1. The van der Waals surface area contributed by atoms with E-state index < -0.39 is 0 Å². The summed E-state index contributed by atoms with van der Waals surface area (Å²) in [6, 6.07) is 0. The molecule has 0 saturated heterocycles. The van der Waals surface area contributed by atoms with E-state index in [1.807, 2.05) is 0 Å². The fourth-order valence-corrected chi connectivity index (χ4v) is 0.681. The van der Waals surface area contributed by atoms with E-state index in [0.29, 0.717) is 12.5 Å². The van der Waals surface area contributed by atoms with Crippen LogP contribution < -0.4 is 0 Å². The van der Waals surface area contributed by atoms with Gasteiger partial charge in [-0.15, -0.1) is 0 Å². The van der Waals surface area contributed by atoms with Crippen LogP contribution in [0.15, 0.2) is 0 Å². The summed E-state index contributed by atoms with van der Waals surface area (Å²) in [4.78, 5) is 0. The van der Waals surface area contributed by atoms with E-state index in [1.54, 1.807) is 0 Å². The SMILES string of the molecule is CCC[CH]CC(C)CO. The lowest BCUT2D eigenvalue weighted by molar-refractivity contribution is 0.235. The molecule has 1 heteroatoms. The lowest BCUT2D eigenvalue weighted by atomic mass is 10.0. The molecule has 1 atom stereocenters. The van der Waals surface area contributed by atoms with Gasteiger partial charge in [-0.2, -0.15) is 0 Å². The van der Waals surface area contributed by atoms with Crippen LogP contribution in [-0.2, 0) is 0 Å². The van der Waals surface area contributed by atoms with Crippen LogP contribution in [0.25, 0.3) is 0 Å². The van der Waals surface area contributed by atoms with Gasteiger partial charge in [0, 0.05) is 6.61 Å². The standard InChI is InChI=1S/C8H17O/c1-3-4-5-6-8(2)7-9/h5,8-9H,3-4,6-7H2,1-2H3. The lowest BCUT2D eigenvalue weighted by Crippen LogP contribution is -1.99. The predicted octanol–water partition coefficient (Wildman–Crippen LogP) is 2.01. The van der Waals surface area contributed by atoms with Gasteiger partial charge in [-0.05, 0) is 18.8 Å². The quantitative estimate of drug-likeness (QED) is 0.563. The molecular formula is C8H17O. The molecule has 0 amide bonds. The van der Waals surface area contributed by atoms with E-state index in [9.17, 15) is 0 Å². The normalized spacial score (nSPS) is 13.7. The Morgan fingerprint density at radius 2 is 2.22 bits per heavy atom. The third-order valence-electron chi connectivity index (χ3n) is 1.37. The van der Waals surface area contributed by atoms with Gasteiger partial charge in [-0.1, -0.05) is 26.7 Å². The molecule has 0 aliphatic heterocycles. The third-order valence-corrected chi connectivity index (χ3v) is 1.37. The van der Waals surface area contributed by atoms with Crippen LogP contribution in [0.1, 0.15) is 33.1 Å². The first kappa shape index (κ1) is 8.96. The summed E-state index contributed by atoms with van der Waals surface area (Å²) in [5.41, 5.74) is 0. The number of aliphatic hydroxyl groups is 1. The van der Waals surface area contributed by atoms with E-state index in [1.165, 1.54) is 12.8 Å². The molecule has 0 spiro atoms. The smallest absolute Gasteiger partial charge is 0.0456 e. The minimum absolute atomic E-state index is 0.320. The van der Waals surface area contributed by atoms with Gasteiger partial charge in [0.1, 0.15) is 0 Å². The zero-order chi connectivity index (χ0) is 7.11. The fourth-order valence-electron chi connectivity index (χ4n) is 0.681. The molecule has 0 fully saturated rings. The van der Waals surface area contributed by atoms with Gasteiger partial charge in [0.05, 0.1) is 0 Å². The zero-order valence-electron chi connectivity index (χ0n) is 6.43. The average Bonchev–Trinajstić information content (AvgIpc) is 1.89. The van der Waals surface area contributed by atoms with E-state index in [-0.39, 0.29) is 0 Å². The summed E-state index contributed by atoms with van der Waals surface area (Å²) in [5, 5.41) is 8.61. The first-order chi connectivity index (χ1) is 4.31. The highest BCUT2D eigenvalue weighted by Crippen LogP contribution is 2.06. The lowest BCUT2D eigenvalue weighted by Gasteiger charge is -2.04. The van der Waals surface area contributed by atoms with Crippen molar-refractivity contribution >= 4 is 0 Å². The highest BCUT2D eigenvalue weighted by molar-refractivity contribution is 4.66. The van der Waals surface area contributed by atoms with Crippen molar-refractivity contribution in [2.75, 3.05) is 6.61 Å². The van der Waals surface area contributed by atoms with Crippen LogP contribution in [0.5, 0.6) is 0 Å². The van der Waals surface area contributed by atoms with E-state index >= 15 is 0 Å². The van der Waals surface area contributed by atoms with Crippen molar-refractivity contribution in [1.29, 1.82) is 0 Å². The molecule has 1 nitrogen and oxygen atoms in total. The summed E-state index contributed by atoms with van der Waals surface area (Å²) in [6.45, 7) is 4.55. The van der Waals surface area contributed by atoms with Gasteiger partial charge in [0.15, 0.2) is 0 Å². The molecule has 0 aromatic rings. The summed E-state index contributed by atoms with van der Waals surface area (Å²) in [7, 11) is 0. The molecule has 1 radical (unpaired) electrons. The molecule has 1 N–H and O–H groups in total. The van der Waals surface area contributed by atoms with E-state index in [2.05, 4.69) is 20.3 Å². The summed E-state index contributed by atoms with van der Waals surface area (Å²) in [6.07, 6.45) is 5.72. The third kappa shape index (κ3) is 5.84. The Balaban J connectivity index is 2.88. The fraction of sp³-hybridized carbons (Fsp3) is 0.875. The number of aliphatic hydroxyl groups excluding tert-OH is 1. The maximum Gasteiger partial charge on any atom is 0.0456 e. The molecule has 0 aliphatic carbocycles. The monoisotopic (exact) mass is 129 g/mol. The maximum absolute atomic E-state index is 8.61. The van der Waals surface area contributed by atoms with Crippen LogP contribution in [0.3, 0.4) is 0 Å². The van der Waals surface area contributed by atoms with Crippen molar-refractivity contribution < 1.29 is 5.11 Å². The van der Waals surface area contributed by atoms with Crippen molar-refractivity contribution in [3.8, 4) is 0 Å². The molecule has 0 saturated carbocycles. The first-order valence-electron chi connectivity index (χ1n) is 3.73. The van der Waals surface area contributed by atoms with Gasteiger partial charge < -0.3 is 5.11 Å². The number of hydrogen-bond acceptors (Lipinski definition) is 1. The molecule has 0 rings (SSSR count). The maximum atomic E-state index is 8.61. The largest absolute Gasteiger partial charge is 0.396 e. The molecular weight excluding hydrogens is 112 g/mol. The van der Waals surface area contributed by atoms with Crippen molar-refractivity contribution in [1.82, 2.24) is 0 Å². The van der Waals surface area contributed by atoms with Gasteiger partial charge in [-0.25, -0.2) is 0 Å². The van der Waals surface area contributed by atoms with Crippen LogP contribution in [0.2, 0.25) is 0 Å². The Labute approximate surface area is 58.1 Å². The first-order valence-corrected chi connectivity index (χ1v) is 3.73. The average molecular weight is 129 g/mol. The molecule has 0 aromatic heterocycles. The molecule has 0 aromatic carbocycles. The van der Waals surface area contributed by atoms with Gasteiger partial charge in [-0.3, -0.25) is 0 Å². The van der Waals surface area contributed by atoms with Crippen LogP contribution in [0, 0.1) is 12.3 Å². The number of unbranched alkanes of at least 4 members (excludes halogenated alkanes) is 2. The second kappa shape index (κ2) is 6.09. The van der Waals surface area contributed by atoms with Crippen LogP contribution in [0.4, 0.5) is 0 Å². The highest BCUT2D eigenvalue weighted by atomic mass is 16.3. The molecule has 0 bridgehead atoms. The Hall–Kier alpha value is -0.0400. The Bertz CT molecular complexity index is 52.5. The second-order valence-electron chi connectivity index (χ2n) is 2.60. The molecule has 0 aliphatic rings. The number of rotatable bonds is 5. The zero-order valence-corrected chi connectivity index (χ0v) is 6.43. The van der Waals surface area contributed by atoms with Crippen molar-refractivity contribution in [3.63, 3.8) is 0 Å². The Morgan fingerprint density at radius 1 is 1.56 bits per heavy atom. The van der Waals surface area contributed by atoms with E-state index in [0.717, 1.165) is 6.42 Å². The van der Waals surface area contributed by atoms with Gasteiger partial charge in [0.2, 0.25) is 0 Å². The minimum atomic E-state index is 0.320. The molecule has 1 unspecified atom stereocenters. The van der Waals surface area contributed by atoms with Crippen LogP contribution >= 0.6 is 0 Å². The summed E-state index contributed by atoms with van der Waals surface area (Å²) < 4.78 is 0. The highest BCUT2D eigenvalue weighted by Gasteiger charge is 1.97. The predicted molar refractivity (Wildman–Crippen MR) is 40.1 cm³/mol. The second-order valence-corrected chi connectivity index (χ2v) is 2.60. The summed E-state index contributed by atoms with van der Waals surface area (Å²) >= 11 is 0. The van der Waals surface area contributed by atoms with Crippen molar-refractivity contribution in [2.45, 2.75) is 33.1 Å². The van der Waals surface area contributed by atoms with Gasteiger partial charge >= 0.3 is 0 Å².